The monoisotopic (exact) mass is 375 g/mol. The van der Waals surface area contributed by atoms with Gasteiger partial charge in [-0.1, -0.05) is 48.5 Å². The van der Waals surface area contributed by atoms with Gasteiger partial charge >= 0.3 is 0 Å². The third-order valence-electron chi connectivity index (χ3n) is 5.46. The summed E-state index contributed by atoms with van der Waals surface area (Å²) in [6.07, 6.45) is 2.41. The first-order valence-corrected chi connectivity index (χ1v) is 9.30. The number of carbonyl (C=O) groups is 2. The second-order valence-electron chi connectivity index (χ2n) is 7.10. The van der Waals surface area contributed by atoms with Crippen molar-refractivity contribution < 1.29 is 9.59 Å². The maximum absolute atomic E-state index is 13.3. The number of pyridine rings is 1. The maximum Gasteiger partial charge on any atom is 0.255 e. The fraction of sp³-hybridized carbons (Fsp3) is 0.227. The molecule has 3 N–H and O–H groups in total. The Kier molecular flexibility index (Phi) is 4.69. The van der Waals surface area contributed by atoms with Gasteiger partial charge in [0.1, 0.15) is 0 Å². The lowest BCUT2D eigenvalue weighted by molar-refractivity contribution is -0.131. The Morgan fingerprint density at radius 3 is 2.43 bits per heavy atom. The Hall–Kier alpha value is -3.41. The van der Waals surface area contributed by atoms with Crippen molar-refractivity contribution in [2.75, 3.05) is 6.54 Å². The largest absolute Gasteiger partial charge is 0.355 e. The molecule has 142 valence electrons. The van der Waals surface area contributed by atoms with Crippen molar-refractivity contribution in [3.63, 3.8) is 0 Å². The number of fused-ring (bicyclic) bond motifs is 1. The molecular weight excluding hydrogens is 354 g/mol. The molecule has 1 aromatic heterocycles. The van der Waals surface area contributed by atoms with Gasteiger partial charge in [0.15, 0.2) is 0 Å². The quantitative estimate of drug-likeness (QED) is 0.651. The molecule has 0 radical (unpaired) electrons. The molecule has 2 heterocycles. The van der Waals surface area contributed by atoms with E-state index < -0.39 is 5.41 Å². The van der Waals surface area contributed by atoms with Crippen molar-refractivity contribution in [2.24, 2.45) is 0 Å². The van der Waals surface area contributed by atoms with E-state index in [-0.39, 0.29) is 23.9 Å². The lowest BCUT2D eigenvalue weighted by Gasteiger charge is -2.36. The lowest BCUT2D eigenvalue weighted by Crippen LogP contribution is -2.55. The Bertz CT molecular complexity index is 1080. The number of rotatable bonds is 4. The summed E-state index contributed by atoms with van der Waals surface area (Å²) in [5.74, 6) is -0.167. The zero-order valence-electron chi connectivity index (χ0n) is 15.3. The van der Waals surface area contributed by atoms with Crippen LogP contribution >= 0.6 is 0 Å². The van der Waals surface area contributed by atoms with Crippen LogP contribution in [0.1, 0.15) is 24.0 Å². The Balaban J connectivity index is 1.62. The van der Waals surface area contributed by atoms with Crippen LogP contribution in [0.4, 0.5) is 0 Å². The molecule has 0 saturated carbocycles. The van der Waals surface area contributed by atoms with Gasteiger partial charge < -0.3 is 15.6 Å². The van der Waals surface area contributed by atoms with Gasteiger partial charge in [-0.2, -0.15) is 0 Å². The predicted molar refractivity (Wildman–Crippen MR) is 107 cm³/mol. The molecule has 0 aliphatic carbocycles. The zero-order valence-corrected chi connectivity index (χ0v) is 15.3. The van der Waals surface area contributed by atoms with E-state index in [4.69, 9.17) is 0 Å². The maximum atomic E-state index is 13.3. The van der Waals surface area contributed by atoms with Gasteiger partial charge in [-0.3, -0.25) is 14.4 Å². The summed E-state index contributed by atoms with van der Waals surface area (Å²) in [6, 6.07) is 16.9. The third kappa shape index (κ3) is 3.17. The van der Waals surface area contributed by atoms with Gasteiger partial charge in [-0.15, -0.1) is 0 Å². The molecule has 1 aliphatic heterocycles. The van der Waals surface area contributed by atoms with Gasteiger partial charge in [-0.25, -0.2) is 0 Å². The minimum Gasteiger partial charge on any atom is -0.355 e. The van der Waals surface area contributed by atoms with Crippen LogP contribution in [-0.4, -0.2) is 23.3 Å². The van der Waals surface area contributed by atoms with Gasteiger partial charge in [0, 0.05) is 31.1 Å². The zero-order chi connectivity index (χ0) is 19.6. The van der Waals surface area contributed by atoms with Crippen LogP contribution in [0.3, 0.4) is 0 Å². The molecule has 1 unspecified atom stereocenters. The molecule has 0 spiro atoms. The molecule has 0 bridgehead atoms. The fourth-order valence-corrected chi connectivity index (χ4v) is 3.84. The van der Waals surface area contributed by atoms with Crippen LogP contribution in [0, 0.1) is 0 Å². The molecule has 28 heavy (non-hydrogen) atoms. The summed E-state index contributed by atoms with van der Waals surface area (Å²) in [5.41, 5.74) is 0.777. The number of hydrogen-bond donors (Lipinski definition) is 3. The van der Waals surface area contributed by atoms with Crippen molar-refractivity contribution in [1.82, 2.24) is 15.6 Å². The molecule has 2 aromatic carbocycles. The minimum absolute atomic E-state index is 0.0361. The van der Waals surface area contributed by atoms with Gasteiger partial charge in [0.2, 0.25) is 11.8 Å². The summed E-state index contributed by atoms with van der Waals surface area (Å²) < 4.78 is 0. The number of amides is 2. The van der Waals surface area contributed by atoms with E-state index in [1.165, 1.54) is 0 Å². The number of carbonyl (C=O) groups excluding carboxylic acids is 2. The van der Waals surface area contributed by atoms with E-state index >= 15 is 0 Å². The molecule has 2 amide bonds. The standard InChI is InChI=1S/C22H21N3O3/c26-19-10-11-22(14-25-19,16-6-2-1-3-7-16)21(28)24-13-15-12-23-20(27)18-9-5-4-8-17(15)18/h1-9,12H,10-11,13-14H2,(H,23,27)(H,24,28)(H,25,26). The summed E-state index contributed by atoms with van der Waals surface area (Å²) in [4.78, 5) is 39.7. The highest BCUT2D eigenvalue weighted by molar-refractivity contribution is 5.92. The van der Waals surface area contributed by atoms with Gasteiger partial charge in [0.05, 0.1) is 5.41 Å². The summed E-state index contributed by atoms with van der Waals surface area (Å²) >= 11 is 0. The second-order valence-corrected chi connectivity index (χ2v) is 7.10. The molecule has 6 heteroatoms. The Morgan fingerprint density at radius 1 is 1.00 bits per heavy atom. The lowest BCUT2D eigenvalue weighted by atomic mass is 9.73. The summed E-state index contributed by atoms with van der Waals surface area (Å²) in [7, 11) is 0. The van der Waals surface area contributed by atoms with Gasteiger partial charge in [-0.05, 0) is 29.0 Å². The molecular formula is C22H21N3O3. The van der Waals surface area contributed by atoms with Crippen LogP contribution in [-0.2, 0) is 21.5 Å². The molecule has 1 saturated heterocycles. The average Bonchev–Trinajstić information content (AvgIpc) is 2.75. The number of aromatic amines is 1. The smallest absolute Gasteiger partial charge is 0.255 e. The minimum atomic E-state index is -0.798. The second kappa shape index (κ2) is 7.31. The number of benzene rings is 2. The normalized spacial score (nSPS) is 19.2. The van der Waals surface area contributed by atoms with Crippen LogP contribution < -0.4 is 16.2 Å². The van der Waals surface area contributed by atoms with Crippen LogP contribution in [0.5, 0.6) is 0 Å². The van der Waals surface area contributed by atoms with Crippen molar-refractivity contribution in [2.45, 2.75) is 24.8 Å². The first-order chi connectivity index (χ1) is 13.6. The van der Waals surface area contributed by atoms with E-state index in [0.717, 1.165) is 16.5 Å². The van der Waals surface area contributed by atoms with Crippen molar-refractivity contribution in [3.05, 3.63) is 82.3 Å². The van der Waals surface area contributed by atoms with Crippen molar-refractivity contribution in [3.8, 4) is 0 Å². The Labute approximate surface area is 162 Å². The highest BCUT2D eigenvalue weighted by atomic mass is 16.2. The van der Waals surface area contributed by atoms with Crippen LogP contribution in [0.15, 0.2) is 65.6 Å². The highest BCUT2D eigenvalue weighted by Gasteiger charge is 2.43. The van der Waals surface area contributed by atoms with E-state index in [0.29, 0.717) is 24.8 Å². The Morgan fingerprint density at radius 2 is 1.71 bits per heavy atom. The number of nitrogens with one attached hydrogen (secondary N) is 3. The molecule has 4 rings (SSSR count). The number of H-pyrrole nitrogens is 1. The highest BCUT2D eigenvalue weighted by Crippen LogP contribution is 2.32. The number of piperidine rings is 1. The van der Waals surface area contributed by atoms with Crippen LogP contribution in [0.2, 0.25) is 0 Å². The molecule has 3 aromatic rings. The molecule has 1 fully saturated rings. The SMILES string of the molecule is O=C1CCC(C(=O)NCc2c[nH]c(=O)c3ccccc23)(c2ccccc2)CN1. The van der Waals surface area contributed by atoms with Crippen LogP contribution in [0.25, 0.3) is 10.8 Å². The van der Waals surface area contributed by atoms with E-state index in [1.54, 1.807) is 12.3 Å². The van der Waals surface area contributed by atoms with E-state index in [9.17, 15) is 14.4 Å². The topological polar surface area (TPSA) is 91.1 Å². The van der Waals surface area contributed by atoms with Gasteiger partial charge in [0.25, 0.3) is 5.56 Å². The molecule has 1 aliphatic rings. The fourth-order valence-electron chi connectivity index (χ4n) is 3.84. The number of hydrogen-bond acceptors (Lipinski definition) is 3. The van der Waals surface area contributed by atoms with E-state index in [2.05, 4.69) is 15.6 Å². The number of aromatic nitrogens is 1. The molecule has 1 atom stereocenters. The average molecular weight is 375 g/mol. The first-order valence-electron chi connectivity index (χ1n) is 9.30. The summed E-state index contributed by atoms with van der Waals surface area (Å²) in [5, 5.41) is 7.27. The summed E-state index contributed by atoms with van der Waals surface area (Å²) in [6.45, 7) is 0.562. The van der Waals surface area contributed by atoms with E-state index in [1.807, 2.05) is 48.5 Å². The van der Waals surface area contributed by atoms with Crippen molar-refractivity contribution >= 4 is 22.6 Å². The first kappa shape index (κ1) is 18.0. The van der Waals surface area contributed by atoms with Crippen molar-refractivity contribution in [1.29, 1.82) is 0 Å². The molecule has 6 nitrogen and oxygen atoms in total. The predicted octanol–water partition coefficient (Wildman–Crippen LogP) is 1.99. The third-order valence-corrected chi connectivity index (χ3v) is 5.46.